The molecule has 0 bridgehead atoms. The third-order valence-electron chi connectivity index (χ3n) is 4.15. The molecule has 2 heterocycles. The van der Waals surface area contributed by atoms with Crippen molar-refractivity contribution in [2.45, 2.75) is 30.8 Å². The summed E-state index contributed by atoms with van der Waals surface area (Å²) in [4.78, 5) is 12.5. The number of thioether (sulfide) groups is 2. The molecule has 0 spiro atoms. The molecule has 1 aliphatic heterocycles. The summed E-state index contributed by atoms with van der Waals surface area (Å²) in [6, 6.07) is 9.93. The Morgan fingerprint density at radius 1 is 1.22 bits per heavy atom. The third-order valence-corrected chi connectivity index (χ3v) is 8.22. The average molecular weight is 419 g/mol. The Hall–Kier alpha value is -1.55. The minimum Gasteiger partial charge on any atom is -0.493 e. The highest BCUT2D eigenvalue weighted by atomic mass is 32.2. The number of thiophene rings is 1. The Balaban J connectivity index is 1.89. The maximum Gasteiger partial charge on any atom is 0.308 e. The van der Waals surface area contributed by atoms with Crippen molar-refractivity contribution in [3.63, 3.8) is 0 Å². The quantitative estimate of drug-likeness (QED) is 0.515. The molecule has 2 aromatic rings. The topological polar surface area (TPSA) is 46.5 Å². The molecule has 0 fully saturated rings. The first kappa shape index (κ1) is 20.2. The first-order chi connectivity index (χ1) is 13.1. The number of carbonyl (C=O) groups is 1. The standard InChI is InChI=1S/C21H22O3S3/c1-3-25-21(26-4-2)11-12-24-19-10-6-15(13-18(19)21)5-7-16-8-9-17(27-16)14-20(22)23/h6,8-10,13H,3-4,11-12,14H2,1-2H3,(H,22,23). The van der Waals surface area contributed by atoms with Gasteiger partial charge in [0, 0.05) is 22.4 Å². The summed E-state index contributed by atoms with van der Waals surface area (Å²) in [5.74, 6) is 8.68. The molecular formula is C21H22O3S3. The van der Waals surface area contributed by atoms with E-state index in [4.69, 9.17) is 9.84 Å². The number of ether oxygens (including phenoxy) is 1. The van der Waals surface area contributed by atoms with Gasteiger partial charge in [-0.05, 0) is 41.8 Å². The Labute approximate surface area is 172 Å². The van der Waals surface area contributed by atoms with Gasteiger partial charge in [-0.2, -0.15) is 0 Å². The van der Waals surface area contributed by atoms with Gasteiger partial charge in [-0.25, -0.2) is 0 Å². The minimum atomic E-state index is -0.816. The molecule has 0 amide bonds. The smallest absolute Gasteiger partial charge is 0.308 e. The maximum atomic E-state index is 10.8. The molecule has 142 valence electrons. The molecule has 3 rings (SSSR count). The highest BCUT2D eigenvalue weighted by Gasteiger charge is 2.38. The molecule has 0 unspecified atom stereocenters. The lowest BCUT2D eigenvalue weighted by atomic mass is 10.0. The van der Waals surface area contributed by atoms with Crippen LogP contribution in [-0.2, 0) is 15.3 Å². The fraction of sp³-hybridized carbons (Fsp3) is 0.381. The molecular weight excluding hydrogens is 396 g/mol. The lowest BCUT2D eigenvalue weighted by Crippen LogP contribution is -2.27. The number of aliphatic carboxylic acids is 1. The molecule has 1 aromatic heterocycles. The Bertz CT molecular complexity index is 870. The average Bonchev–Trinajstić information content (AvgIpc) is 3.07. The van der Waals surface area contributed by atoms with Crippen LogP contribution < -0.4 is 4.74 Å². The van der Waals surface area contributed by atoms with Crippen LogP contribution in [0.15, 0.2) is 30.3 Å². The number of carboxylic acids is 1. The van der Waals surface area contributed by atoms with Crippen molar-refractivity contribution in [1.29, 1.82) is 0 Å². The highest BCUT2D eigenvalue weighted by molar-refractivity contribution is 8.17. The van der Waals surface area contributed by atoms with Gasteiger partial charge in [-0.1, -0.05) is 25.7 Å². The van der Waals surface area contributed by atoms with E-state index >= 15 is 0 Å². The second-order valence-corrected chi connectivity index (χ2v) is 10.6. The molecule has 1 aromatic carbocycles. The van der Waals surface area contributed by atoms with Gasteiger partial charge in [0.25, 0.3) is 0 Å². The van der Waals surface area contributed by atoms with E-state index in [9.17, 15) is 4.79 Å². The van der Waals surface area contributed by atoms with Crippen LogP contribution in [0, 0.1) is 11.8 Å². The van der Waals surface area contributed by atoms with E-state index in [0.29, 0.717) is 0 Å². The van der Waals surface area contributed by atoms with Crippen LogP contribution in [0.25, 0.3) is 0 Å². The summed E-state index contributed by atoms with van der Waals surface area (Å²) in [7, 11) is 0. The lowest BCUT2D eigenvalue weighted by Gasteiger charge is -2.37. The van der Waals surface area contributed by atoms with Crippen molar-refractivity contribution in [1.82, 2.24) is 0 Å². The minimum absolute atomic E-state index is 0.0341. The van der Waals surface area contributed by atoms with Gasteiger partial charge >= 0.3 is 5.97 Å². The van der Waals surface area contributed by atoms with E-state index in [2.05, 4.69) is 31.8 Å². The van der Waals surface area contributed by atoms with E-state index in [1.165, 1.54) is 16.9 Å². The Kier molecular flexibility index (Phi) is 6.80. The maximum absolute atomic E-state index is 10.8. The van der Waals surface area contributed by atoms with Crippen molar-refractivity contribution in [3.05, 3.63) is 51.2 Å². The molecule has 0 saturated heterocycles. The first-order valence-corrected chi connectivity index (χ1v) is 11.7. The Morgan fingerprint density at radius 2 is 2.00 bits per heavy atom. The molecule has 0 saturated carbocycles. The van der Waals surface area contributed by atoms with Gasteiger partial charge in [-0.3, -0.25) is 4.79 Å². The fourth-order valence-electron chi connectivity index (χ4n) is 3.09. The summed E-state index contributed by atoms with van der Waals surface area (Å²) in [6.07, 6.45) is 1.05. The SMILES string of the molecule is CCSC1(SCC)CCOc2ccc(C#Cc3ccc(CC(=O)O)s3)cc21. The van der Waals surface area contributed by atoms with E-state index in [1.54, 1.807) is 0 Å². The van der Waals surface area contributed by atoms with Crippen LogP contribution in [0.5, 0.6) is 5.75 Å². The largest absolute Gasteiger partial charge is 0.493 e. The number of benzene rings is 1. The normalized spacial score (nSPS) is 14.6. The molecule has 0 radical (unpaired) electrons. The van der Waals surface area contributed by atoms with E-state index in [0.717, 1.165) is 45.6 Å². The van der Waals surface area contributed by atoms with Gasteiger partial charge in [-0.15, -0.1) is 34.9 Å². The molecule has 3 nitrogen and oxygen atoms in total. The van der Waals surface area contributed by atoms with Crippen LogP contribution in [-0.4, -0.2) is 29.2 Å². The van der Waals surface area contributed by atoms with E-state index < -0.39 is 5.97 Å². The van der Waals surface area contributed by atoms with E-state index in [1.807, 2.05) is 47.8 Å². The molecule has 0 aliphatic carbocycles. The van der Waals surface area contributed by atoms with Crippen molar-refractivity contribution < 1.29 is 14.6 Å². The highest BCUT2D eigenvalue weighted by Crippen LogP contribution is 2.54. The number of hydrogen-bond donors (Lipinski definition) is 1. The number of carboxylic acid groups (broad SMARTS) is 1. The van der Waals surface area contributed by atoms with Gasteiger partial charge < -0.3 is 9.84 Å². The second-order valence-electron chi connectivity index (χ2n) is 6.01. The van der Waals surface area contributed by atoms with Crippen LogP contribution in [0.4, 0.5) is 0 Å². The predicted octanol–water partition coefficient (Wildman–Crippen LogP) is 5.22. The molecule has 1 N–H and O–H groups in total. The van der Waals surface area contributed by atoms with Crippen molar-refractivity contribution >= 4 is 40.8 Å². The molecule has 1 aliphatic rings. The van der Waals surface area contributed by atoms with Crippen molar-refractivity contribution in [3.8, 4) is 17.6 Å². The van der Waals surface area contributed by atoms with Crippen LogP contribution >= 0.6 is 34.9 Å². The van der Waals surface area contributed by atoms with Crippen LogP contribution in [0.3, 0.4) is 0 Å². The van der Waals surface area contributed by atoms with E-state index in [-0.39, 0.29) is 10.5 Å². The number of hydrogen-bond acceptors (Lipinski definition) is 5. The van der Waals surface area contributed by atoms with Crippen LogP contribution in [0.2, 0.25) is 0 Å². The Morgan fingerprint density at radius 3 is 2.70 bits per heavy atom. The lowest BCUT2D eigenvalue weighted by molar-refractivity contribution is -0.136. The second kappa shape index (κ2) is 9.09. The molecule has 27 heavy (non-hydrogen) atoms. The summed E-state index contributed by atoms with van der Waals surface area (Å²) in [5.41, 5.74) is 2.20. The van der Waals surface area contributed by atoms with Gasteiger partial charge in [0.15, 0.2) is 0 Å². The molecule has 0 atom stereocenters. The number of fused-ring (bicyclic) bond motifs is 1. The monoisotopic (exact) mass is 418 g/mol. The zero-order chi connectivity index (χ0) is 19.3. The van der Waals surface area contributed by atoms with Crippen LogP contribution in [0.1, 0.15) is 41.1 Å². The van der Waals surface area contributed by atoms with Gasteiger partial charge in [0.2, 0.25) is 0 Å². The van der Waals surface area contributed by atoms with Crippen molar-refractivity contribution in [2.75, 3.05) is 18.1 Å². The third kappa shape index (κ3) is 4.84. The molecule has 6 heteroatoms. The number of rotatable bonds is 6. The van der Waals surface area contributed by atoms with Gasteiger partial charge in [0.05, 0.1) is 22.0 Å². The predicted molar refractivity (Wildman–Crippen MR) is 116 cm³/mol. The van der Waals surface area contributed by atoms with Crippen molar-refractivity contribution in [2.24, 2.45) is 0 Å². The zero-order valence-electron chi connectivity index (χ0n) is 15.4. The summed E-state index contributed by atoms with van der Waals surface area (Å²) < 4.78 is 5.94. The summed E-state index contributed by atoms with van der Waals surface area (Å²) in [5, 5.41) is 8.89. The summed E-state index contributed by atoms with van der Waals surface area (Å²) in [6.45, 7) is 5.15. The first-order valence-electron chi connectivity index (χ1n) is 8.94. The zero-order valence-corrected chi connectivity index (χ0v) is 17.9. The summed E-state index contributed by atoms with van der Waals surface area (Å²) >= 11 is 5.40. The fourth-order valence-corrected chi connectivity index (χ4v) is 7.00. The van der Waals surface area contributed by atoms with Gasteiger partial charge in [0.1, 0.15) is 5.75 Å².